The maximum atomic E-state index is 9.42. The first-order valence-electron chi connectivity index (χ1n) is 5.11. The van der Waals surface area contributed by atoms with E-state index in [1.807, 2.05) is 18.7 Å². The molecule has 1 aliphatic heterocycles. The first-order chi connectivity index (χ1) is 6.68. The van der Waals surface area contributed by atoms with Gasteiger partial charge in [0.2, 0.25) is 0 Å². The van der Waals surface area contributed by atoms with E-state index in [2.05, 4.69) is 25.1 Å². The standard InChI is InChI=1S/C12H16OS/c1-8-7-14-11-5-3-4-10(12(8)11)6-9(2)13/h3-5,8-9,13H,6-7H2,1-2H3. The average molecular weight is 208 g/mol. The van der Waals surface area contributed by atoms with E-state index in [9.17, 15) is 5.11 Å². The highest BCUT2D eigenvalue weighted by atomic mass is 32.2. The maximum absolute atomic E-state index is 9.42. The molecule has 0 radical (unpaired) electrons. The van der Waals surface area contributed by atoms with Crippen LogP contribution in [0.3, 0.4) is 0 Å². The molecule has 14 heavy (non-hydrogen) atoms. The van der Waals surface area contributed by atoms with E-state index in [-0.39, 0.29) is 6.10 Å². The molecule has 0 spiro atoms. The summed E-state index contributed by atoms with van der Waals surface area (Å²) >= 11 is 1.94. The van der Waals surface area contributed by atoms with Gasteiger partial charge >= 0.3 is 0 Å². The molecule has 1 aliphatic rings. The number of aliphatic hydroxyl groups is 1. The summed E-state index contributed by atoms with van der Waals surface area (Å²) in [6.07, 6.45) is 0.549. The minimum atomic E-state index is -0.237. The molecule has 0 fully saturated rings. The van der Waals surface area contributed by atoms with Gasteiger partial charge in [-0.2, -0.15) is 0 Å². The second-order valence-electron chi connectivity index (χ2n) is 4.09. The molecule has 2 rings (SSSR count). The highest BCUT2D eigenvalue weighted by Gasteiger charge is 2.22. The topological polar surface area (TPSA) is 20.2 Å². The normalized spacial score (nSPS) is 22.1. The van der Waals surface area contributed by atoms with Crippen LogP contribution in [-0.2, 0) is 6.42 Å². The summed E-state index contributed by atoms with van der Waals surface area (Å²) in [6.45, 7) is 4.12. The van der Waals surface area contributed by atoms with Gasteiger partial charge in [0.25, 0.3) is 0 Å². The fourth-order valence-corrected chi connectivity index (χ4v) is 3.33. The largest absolute Gasteiger partial charge is 0.393 e. The fraction of sp³-hybridized carbons (Fsp3) is 0.500. The molecule has 1 N–H and O–H groups in total. The van der Waals surface area contributed by atoms with Crippen LogP contribution in [0.2, 0.25) is 0 Å². The van der Waals surface area contributed by atoms with Crippen LogP contribution in [0.25, 0.3) is 0 Å². The van der Waals surface area contributed by atoms with Crippen molar-refractivity contribution >= 4 is 11.8 Å². The molecule has 0 aromatic heterocycles. The Morgan fingerprint density at radius 1 is 1.57 bits per heavy atom. The van der Waals surface area contributed by atoms with Crippen molar-refractivity contribution in [1.82, 2.24) is 0 Å². The van der Waals surface area contributed by atoms with Gasteiger partial charge < -0.3 is 5.11 Å². The molecule has 1 aromatic carbocycles. The lowest BCUT2D eigenvalue weighted by Crippen LogP contribution is -2.07. The molecule has 0 saturated heterocycles. The number of aliphatic hydroxyl groups excluding tert-OH is 1. The SMILES string of the molecule is CC(O)Cc1cccc2c1C(C)CS2. The molecule has 1 aromatic rings. The van der Waals surface area contributed by atoms with Crippen LogP contribution in [0, 0.1) is 0 Å². The first kappa shape index (κ1) is 10.1. The van der Waals surface area contributed by atoms with Crippen molar-refractivity contribution < 1.29 is 5.11 Å². The minimum absolute atomic E-state index is 0.237. The van der Waals surface area contributed by atoms with Gasteiger partial charge in [-0.3, -0.25) is 0 Å². The fourth-order valence-electron chi connectivity index (χ4n) is 2.07. The third-order valence-electron chi connectivity index (χ3n) is 2.65. The zero-order chi connectivity index (χ0) is 10.1. The van der Waals surface area contributed by atoms with Crippen molar-refractivity contribution in [1.29, 1.82) is 0 Å². The summed E-state index contributed by atoms with van der Waals surface area (Å²) in [5, 5.41) is 9.42. The van der Waals surface area contributed by atoms with Gasteiger partial charge in [0, 0.05) is 10.6 Å². The van der Waals surface area contributed by atoms with Gasteiger partial charge in [0.15, 0.2) is 0 Å². The molecule has 2 atom stereocenters. The van der Waals surface area contributed by atoms with Crippen LogP contribution < -0.4 is 0 Å². The molecule has 2 heteroatoms. The predicted molar refractivity (Wildman–Crippen MR) is 61.0 cm³/mol. The number of thioether (sulfide) groups is 1. The Morgan fingerprint density at radius 3 is 3.07 bits per heavy atom. The lowest BCUT2D eigenvalue weighted by molar-refractivity contribution is 0.195. The number of fused-ring (bicyclic) bond motifs is 1. The Bertz CT molecular complexity index is 333. The van der Waals surface area contributed by atoms with Gasteiger partial charge in [-0.15, -0.1) is 11.8 Å². The second kappa shape index (κ2) is 3.95. The molecule has 2 unspecified atom stereocenters. The van der Waals surface area contributed by atoms with Gasteiger partial charge in [-0.05, 0) is 36.5 Å². The highest BCUT2D eigenvalue weighted by molar-refractivity contribution is 7.99. The quantitative estimate of drug-likeness (QED) is 0.806. The monoisotopic (exact) mass is 208 g/mol. The third-order valence-corrected chi connectivity index (χ3v) is 3.99. The third kappa shape index (κ3) is 1.82. The van der Waals surface area contributed by atoms with Crippen molar-refractivity contribution in [2.45, 2.75) is 37.2 Å². The molecule has 0 bridgehead atoms. The Labute approximate surface area is 89.5 Å². The lowest BCUT2D eigenvalue weighted by atomic mass is 9.94. The van der Waals surface area contributed by atoms with Crippen LogP contribution >= 0.6 is 11.8 Å². The van der Waals surface area contributed by atoms with Gasteiger partial charge in [-0.25, -0.2) is 0 Å². The van der Waals surface area contributed by atoms with Crippen molar-refractivity contribution in [3.05, 3.63) is 29.3 Å². The van der Waals surface area contributed by atoms with Crippen LogP contribution in [-0.4, -0.2) is 17.0 Å². The predicted octanol–water partition coefficient (Wildman–Crippen LogP) is 2.82. The van der Waals surface area contributed by atoms with Crippen molar-refractivity contribution in [3.8, 4) is 0 Å². The number of benzene rings is 1. The van der Waals surface area contributed by atoms with E-state index in [4.69, 9.17) is 0 Å². The zero-order valence-corrected chi connectivity index (χ0v) is 9.47. The van der Waals surface area contributed by atoms with Gasteiger partial charge in [0.05, 0.1) is 6.10 Å². The number of rotatable bonds is 2. The zero-order valence-electron chi connectivity index (χ0n) is 8.66. The highest BCUT2D eigenvalue weighted by Crippen LogP contribution is 2.41. The summed E-state index contributed by atoms with van der Waals surface area (Å²) in [5.41, 5.74) is 2.80. The van der Waals surface area contributed by atoms with Crippen LogP contribution in [0.1, 0.15) is 30.9 Å². The van der Waals surface area contributed by atoms with E-state index in [0.717, 1.165) is 6.42 Å². The Kier molecular flexibility index (Phi) is 2.84. The molecule has 1 heterocycles. The maximum Gasteiger partial charge on any atom is 0.0552 e. The average Bonchev–Trinajstić information content (AvgIpc) is 2.48. The number of hydrogen-bond donors (Lipinski definition) is 1. The molecule has 0 amide bonds. The summed E-state index contributed by atoms with van der Waals surface area (Å²) in [4.78, 5) is 1.41. The molecule has 0 saturated carbocycles. The second-order valence-corrected chi connectivity index (χ2v) is 5.16. The van der Waals surface area contributed by atoms with E-state index in [1.54, 1.807) is 0 Å². The lowest BCUT2D eigenvalue weighted by Gasteiger charge is -2.12. The molecule has 1 nitrogen and oxygen atoms in total. The van der Waals surface area contributed by atoms with E-state index in [1.165, 1.54) is 21.8 Å². The van der Waals surface area contributed by atoms with E-state index in [0.29, 0.717) is 5.92 Å². The van der Waals surface area contributed by atoms with Crippen molar-refractivity contribution in [3.63, 3.8) is 0 Å². The van der Waals surface area contributed by atoms with Crippen molar-refractivity contribution in [2.75, 3.05) is 5.75 Å². The van der Waals surface area contributed by atoms with Gasteiger partial charge in [-0.1, -0.05) is 19.1 Å². The first-order valence-corrected chi connectivity index (χ1v) is 6.09. The summed E-state index contributed by atoms with van der Waals surface area (Å²) in [5.74, 6) is 1.83. The van der Waals surface area contributed by atoms with Crippen LogP contribution in [0.15, 0.2) is 23.1 Å². The molecular weight excluding hydrogens is 192 g/mol. The number of hydrogen-bond acceptors (Lipinski definition) is 2. The summed E-state index contributed by atoms with van der Waals surface area (Å²) < 4.78 is 0. The van der Waals surface area contributed by atoms with Crippen LogP contribution in [0.4, 0.5) is 0 Å². The Balaban J connectivity index is 2.36. The Morgan fingerprint density at radius 2 is 2.36 bits per heavy atom. The minimum Gasteiger partial charge on any atom is -0.393 e. The summed E-state index contributed by atoms with van der Waals surface area (Å²) in [6, 6.07) is 6.44. The van der Waals surface area contributed by atoms with Crippen LogP contribution in [0.5, 0.6) is 0 Å². The van der Waals surface area contributed by atoms with E-state index >= 15 is 0 Å². The molecule has 0 aliphatic carbocycles. The Hall–Kier alpha value is -0.470. The molecule has 76 valence electrons. The molecular formula is C12H16OS. The summed E-state index contributed by atoms with van der Waals surface area (Å²) in [7, 11) is 0. The smallest absolute Gasteiger partial charge is 0.0552 e. The van der Waals surface area contributed by atoms with E-state index < -0.39 is 0 Å². The van der Waals surface area contributed by atoms with Gasteiger partial charge in [0.1, 0.15) is 0 Å². The van der Waals surface area contributed by atoms with Crippen molar-refractivity contribution in [2.24, 2.45) is 0 Å².